The standard InChI is InChI=1S/C23H30N2O8/c1-7-30-20(28)17(25-21(29)33-22(2,3)4)12-14-8-10-15(11-9-14)24-13-16-18(26)31-23(5,6)32-19(16)27/h8-11,13,17,24H,7,12H2,1-6H3,(H,25,29). The largest absolute Gasteiger partial charge is 0.464 e. The van der Waals surface area contributed by atoms with Gasteiger partial charge >= 0.3 is 24.0 Å². The predicted molar refractivity (Wildman–Crippen MR) is 118 cm³/mol. The van der Waals surface area contributed by atoms with Crippen molar-refractivity contribution in [2.75, 3.05) is 11.9 Å². The van der Waals surface area contributed by atoms with Gasteiger partial charge in [-0.3, -0.25) is 0 Å². The van der Waals surface area contributed by atoms with Gasteiger partial charge in [0.05, 0.1) is 6.61 Å². The van der Waals surface area contributed by atoms with Gasteiger partial charge in [0.2, 0.25) is 0 Å². The molecule has 0 aromatic heterocycles. The number of carbonyl (C=O) groups is 4. The lowest BCUT2D eigenvalue weighted by atomic mass is 10.1. The SMILES string of the molecule is CCOC(=O)C(Cc1ccc(NC=C2C(=O)OC(C)(C)OC2=O)cc1)NC(=O)OC(C)(C)C. The Morgan fingerprint density at radius 2 is 1.67 bits per heavy atom. The van der Waals surface area contributed by atoms with Crippen molar-refractivity contribution < 1.29 is 38.1 Å². The van der Waals surface area contributed by atoms with Crippen LogP contribution in [0.5, 0.6) is 0 Å². The monoisotopic (exact) mass is 462 g/mol. The zero-order valence-corrected chi connectivity index (χ0v) is 19.6. The summed E-state index contributed by atoms with van der Waals surface area (Å²) < 4.78 is 20.3. The van der Waals surface area contributed by atoms with Gasteiger partial charge in [-0.05, 0) is 45.4 Å². The summed E-state index contributed by atoms with van der Waals surface area (Å²) in [7, 11) is 0. The molecule has 0 saturated carbocycles. The molecule has 33 heavy (non-hydrogen) atoms. The highest BCUT2D eigenvalue weighted by Crippen LogP contribution is 2.23. The van der Waals surface area contributed by atoms with Crippen LogP contribution >= 0.6 is 0 Å². The van der Waals surface area contributed by atoms with E-state index in [0.29, 0.717) is 5.69 Å². The van der Waals surface area contributed by atoms with E-state index in [1.807, 2.05) is 0 Å². The van der Waals surface area contributed by atoms with Crippen LogP contribution in [-0.2, 0) is 39.8 Å². The van der Waals surface area contributed by atoms with E-state index < -0.39 is 41.4 Å². The Balaban J connectivity index is 2.05. The van der Waals surface area contributed by atoms with Crippen LogP contribution in [0.4, 0.5) is 10.5 Å². The summed E-state index contributed by atoms with van der Waals surface area (Å²) >= 11 is 0. The fourth-order valence-electron chi connectivity index (χ4n) is 2.79. The van der Waals surface area contributed by atoms with E-state index in [-0.39, 0.29) is 18.6 Å². The second kappa shape index (κ2) is 10.4. The molecular weight excluding hydrogens is 432 g/mol. The second-order valence-corrected chi connectivity index (χ2v) is 8.73. The van der Waals surface area contributed by atoms with Gasteiger partial charge in [-0.1, -0.05) is 12.1 Å². The molecule has 1 aliphatic heterocycles. The number of ether oxygens (including phenoxy) is 4. The Kier molecular flexibility index (Phi) is 8.08. The van der Waals surface area contributed by atoms with E-state index >= 15 is 0 Å². The number of carbonyl (C=O) groups excluding carboxylic acids is 4. The molecule has 1 amide bonds. The maximum absolute atomic E-state index is 12.3. The van der Waals surface area contributed by atoms with Gasteiger partial charge in [-0.15, -0.1) is 0 Å². The Hall–Kier alpha value is -3.56. The minimum Gasteiger partial charge on any atom is -0.464 e. The maximum Gasteiger partial charge on any atom is 0.408 e. The number of anilines is 1. The molecule has 0 bridgehead atoms. The fourth-order valence-corrected chi connectivity index (χ4v) is 2.79. The first-order chi connectivity index (χ1) is 15.3. The number of rotatable bonds is 7. The number of amides is 1. The van der Waals surface area contributed by atoms with Crippen molar-refractivity contribution >= 4 is 29.7 Å². The van der Waals surface area contributed by atoms with Crippen molar-refractivity contribution in [3.8, 4) is 0 Å². The van der Waals surface area contributed by atoms with Gasteiger partial charge in [0.1, 0.15) is 11.6 Å². The second-order valence-electron chi connectivity index (χ2n) is 8.73. The van der Waals surface area contributed by atoms with Crippen molar-refractivity contribution in [1.29, 1.82) is 0 Å². The zero-order valence-electron chi connectivity index (χ0n) is 19.6. The van der Waals surface area contributed by atoms with Gasteiger partial charge < -0.3 is 29.6 Å². The first-order valence-electron chi connectivity index (χ1n) is 10.5. The number of benzene rings is 1. The molecule has 180 valence electrons. The molecule has 0 radical (unpaired) electrons. The van der Waals surface area contributed by atoms with E-state index in [1.165, 1.54) is 20.0 Å². The third kappa shape index (κ3) is 8.13. The molecule has 1 saturated heterocycles. The average molecular weight is 462 g/mol. The fraction of sp³-hybridized carbons (Fsp3) is 0.478. The molecule has 1 unspecified atom stereocenters. The Morgan fingerprint density at radius 3 is 2.18 bits per heavy atom. The average Bonchev–Trinajstić information content (AvgIpc) is 2.66. The Morgan fingerprint density at radius 1 is 1.09 bits per heavy atom. The highest BCUT2D eigenvalue weighted by molar-refractivity contribution is 6.15. The molecule has 0 spiro atoms. The normalized spacial score (nSPS) is 16.1. The van der Waals surface area contributed by atoms with Crippen LogP contribution in [0.2, 0.25) is 0 Å². The Labute approximate surface area is 192 Å². The summed E-state index contributed by atoms with van der Waals surface area (Å²) in [6, 6.07) is 5.89. The topological polar surface area (TPSA) is 129 Å². The van der Waals surface area contributed by atoms with E-state index in [1.54, 1.807) is 52.0 Å². The summed E-state index contributed by atoms with van der Waals surface area (Å²) in [4.78, 5) is 48.4. The smallest absolute Gasteiger partial charge is 0.408 e. The summed E-state index contributed by atoms with van der Waals surface area (Å²) in [5.41, 5.74) is 0.338. The van der Waals surface area contributed by atoms with Crippen LogP contribution in [0.1, 0.15) is 47.1 Å². The third-order valence-corrected chi connectivity index (χ3v) is 4.16. The predicted octanol–water partition coefficient (Wildman–Crippen LogP) is 2.82. The van der Waals surface area contributed by atoms with Crippen LogP contribution in [0.25, 0.3) is 0 Å². The van der Waals surface area contributed by atoms with E-state index in [9.17, 15) is 19.2 Å². The van der Waals surface area contributed by atoms with E-state index in [2.05, 4.69) is 10.6 Å². The van der Waals surface area contributed by atoms with Gasteiger partial charge in [0.25, 0.3) is 5.79 Å². The molecule has 2 rings (SSSR count). The molecule has 0 aliphatic carbocycles. The molecule has 1 aromatic carbocycles. The lowest BCUT2D eigenvalue weighted by Crippen LogP contribution is -2.45. The lowest BCUT2D eigenvalue weighted by molar-refractivity contribution is -0.222. The molecule has 1 aromatic rings. The molecule has 1 fully saturated rings. The van der Waals surface area contributed by atoms with Crippen LogP contribution in [-0.4, -0.2) is 48.0 Å². The molecule has 10 nitrogen and oxygen atoms in total. The van der Waals surface area contributed by atoms with Crippen molar-refractivity contribution in [3.05, 3.63) is 41.6 Å². The first kappa shape index (κ1) is 25.7. The number of cyclic esters (lactones) is 2. The highest BCUT2D eigenvalue weighted by atomic mass is 16.7. The molecule has 2 N–H and O–H groups in total. The third-order valence-electron chi connectivity index (χ3n) is 4.16. The number of hydrogen-bond acceptors (Lipinski definition) is 9. The number of nitrogens with one attached hydrogen (secondary N) is 2. The molecule has 10 heteroatoms. The van der Waals surface area contributed by atoms with Crippen LogP contribution in [0.3, 0.4) is 0 Å². The summed E-state index contributed by atoms with van der Waals surface area (Å²) in [5, 5.41) is 5.38. The van der Waals surface area contributed by atoms with Crippen molar-refractivity contribution in [2.24, 2.45) is 0 Å². The first-order valence-corrected chi connectivity index (χ1v) is 10.5. The quantitative estimate of drug-likeness (QED) is 0.272. The van der Waals surface area contributed by atoms with Crippen LogP contribution in [0.15, 0.2) is 36.0 Å². The van der Waals surface area contributed by atoms with Gasteiger partial charge in [-0.2, -0.15) is 0 Å². The van der Waals surface area contributed by atoms with Crippen molar-refractivity contribution in [3.63, 3.8) is 0 Å². The number of esters is 3. The summed E-state index contributed by atoms with van der Waals surface area (Å²) in [5.74, 6) is -3.46. The minimum atomic E-state index is -1.31. The summed E-state index contributed by atoms with van der Waals surface area (Å²) in [6.07, 6.45) is 0.660. The molecule has 1 atom stereocenters. The molecule has 1 heterocycles. The summed E-state index contributed by atoms with van der Waals surface area (Å²) in [6.45, 7) is 9.95. The van der Waals surface area contributed by atoms with E-state index in [0.717, 1.165) is 5.56 Å². The maximum atomic E-state index is 12.3. The Bertz CT molecular complexity index is 907. The number of alkyl carbamates (subject to hydrolysis) is 1. The minimum absolute atomic E-state index is 0.172. The zero-order chi connectivity index (χ0) is 24.8. The van der Waals surface area contributed by atoms with Gasteiger partial charge in [-0.25, -0.2) is 19.2 Å². The van der Waals surface area contributed by atoms with Crippen LogP contribution < -0.4 is 10.6 Å². The molecular formula is C23H30N2O8. The van der Waals surface area contributed by atoms with Gasteiger partial charge in [0, 0.05) is 32.2 Å². The van der Waals surface area contributed by atoms with Gasteiger partial charge in [0.15, 0.2) is 5.57 Å². The van der Waals surface area contributed by atoms with E-state index in [4.69, 9.17) is 18.9 Å². The van der Waals surface area contributed by atoms with Crippen molar-refractivity contribution in [1.82, 2.24) is 5.32 Å². The lowest BCUT2D eigenvalue weighted by Gasteiger charge is -2.29. The van der Waals surface area contributed by atoms with Crippen molar-refractivity contribution in [2.45, 2.75) is 65.4 Å². The number of hydrogen-bond donors (Lipinski definition) is 2. The highest BCUT2D eigenvalue weighted by Gasteiger charge is 2.39. The molecule has 1 aliphatic rings. The van der Waals surface area contributed by atoms with Crippen LogP contribution in [0, 0.1) is 0 Å².